The molecule has 0 radical (unpaired) electrons. The van der Waals surface area contributed by atoms with E-state index in [2.05, 4.69) is 10.3 Å². The van der Waals surface area contributed by atoms with Gasteiger partial charge in [0, 0.05) is 24.6 Å². The van der Waals surface area contributed by atoms with Crippen LogP contribution in [0.3, 0.4) is 0 Å². The molecule has 0 unspecified atom stereocenters. The van der Waals surface area contributed by atoms with Crippen molar-refractivity contribution in [1.29, 1.82) is 0 Å². The molecule has 1 heterocycles. The topological polar surface area (TPSA) is 72.9 Å². The number of imidazole rings is 1. The summed E-state index contributed by atoms with van der Waals surface area (Å²) < 4.78 is 1.85. The smallest absolute Gasteiger partial charge is 0.253 e. The van der Waals surface area contributed by atoms with Gasteiger partial charge >= 0.3 is 0 Å². The number of nitrogen functional groups attached to an aromatic ring is 1. The predicted molar refractivity (Wildman–Crippen MR) is 70.7 cm³/mol. The zero-order valence-electron chi connectivity index (χ0n) is 10.5. The summed E-state index contributed by atoms with van der Waals surface area (Å²) in [5.41, 5.74) is 7.75. The quantitative estimate of drug-likeness (QED) is 0.804. The molecule has 94 valence electrons. The van der Waals surface area contributed by atoms with Gasteiger partial charge in [0.15, 0.2) is 0 Å². The molecular formula is C13H16N4O. The van der Waals surface area contributed by atoms with Gasteiger partial charge in [0.1, 0.15) is 5.82 Å². The van der Waals surface area contributed by atoms with E-state index in [1.54, 1.807) is 24.4 Å². The van der Waals surface area contributed by atoms with E-state index in [0.717, 1.165) is 11.5 Å². The van der Waals surface area contributed by atoms with Crippen molar-refractivity contribution >= 4 is 11.6 Å². The standard InChI is InChI=1S/C13H16N4O/c1-3-15-13(18)11-5-4-10(14)8-12(11)17-7-6-16-9(17)2/h4-8H,3,14H2,1-2H3,(H,15,18). The highest BCUT2D eigenvalue weighted by molar-refractivity contribution is 5.98. The van der Waals surface area contributed by atoms with E-state index in [0.29, 0.717) is 17.8 Å². The molecular weight excluding hydrogens is 228 g/mol. The summed E-state index contributed by atoms with van der Waals surface area (Å²) in [6.45, 7) is 4.35. The molecule has 3 N–H and O–H groups in total. The van der Waals surface area contributed by atoms with Crippen LogP contribution in [0.4, 0.5) is 5.69 Å². The molecule has 0 atom stereocenters. The van der Waals surface area contributed by atoms with Gasteiger partial charge in [-0.2, -0.15) is 0 Å². The number of hydrogen-bond donors (Lipinski definition) is 2. The number of nitrogens with one attached hydrogen (secondary N) is 1. The van der Waals surface area contributed by atoms with Crippen LogP contribution >= 0.6 is 0 Å². The Morgan fingerprint density at radius 3 is 2.89 bits per heavy atom. The Hall–Kier alpha value is -2.30. The number of aromatic nitrogens is 2. The fourth-order valence-corrected chi connectivity index (χ4v) is 1.83. The molecule has 18 heavy (non-hydrogen) atoms. The van der Waals surface area contributed by atoms with Gasteiger partial charge in [-0.05, 0) is 32.0 Å². The first-order valence-electron chi connectivity index (χ1n) is 5.81. The minimum atomic E-state index is -0.111. The molecule has 0 saturated carbocycles. The molecule has 0 aliphatic heterocycles. The van der Waals surface area contributed by atoms with Crippen LogP contribution in [-0.4, -0.2) is 22.0 Å². The van der Waals surface area contributed by atoms with E-state index < -0.39 is 0 Å². The monoisotopic (exact) mass is 244 g/mol. The lowest BCUT2D eigenvalue weighted by Crippen LogP contribution is -2.24. The van der Waals surface area contributed by atoms with Gasteiger partial charge in [-0.15, -0.1) is 0 Å². The Bertz CT molecular complexity index is 574. The highest BCUT2D eigenvalue weighted by Gasteiger charge is 2.13. The van der Waals surface area contributed by atoms with Gasteiger partial charge in [-0.1, -0.05) is 0 Å². The van der Waals surface area contributed by atoms with Crippen molar-refractivity contribution < 1.29 is 4.79 Å². The number of aryl methyl sites for hydroxylation is 1. The Balaban J connectivity index is 2.54. The van der Waals surface area contributed by atoms with Crippen molar-refractivity contribution in [2.45, 2.75) is 13.8 Å². The van der Waals surface area contributed by atoms with Crippen LogP contribution in [0, 0.1) is 6.92 Å². The third kappa shape index (κ3) is 2.20. The summed E-state index contributed by atoms with van der Waals surface area (Å²) in [5, 5.41) is 2.79. The molecule has 1 amide bonds. The van der Waals surface area contributed by atoms with Gasteiger partial charge in [0.05, 0.1) is 11.3 Å². The third-order valence-corrected chi connectivity index (χ3v) is 2.69. The lowest BCUT2D eigenvalue weighted by Gasteiger charge is -2.12. The summed E-state index contributed by atoms with van der Waals surface area (Å²) in [5.74, 6) is 0.701. The average Bonchev–Trinajstić information content (AvgIpc) is 2.75. The highest BCUT2D eigenvalue weighted by atomic mass is 16.1. The first-order chi connectivity index (χ1) is 8.63. The van der Waals surface area contributed by atoms with Crippen molar-refractivity contribution in [2.75, 3.05) is 12.3 Å². The van der Waals surface area contributed by atoms with Crippen molar-refractivity contribution in [2.24, 2.45) is 0 Å². The summed E-state index contributed by atoms with van der Waals surface area (Å²) in [6.07, 6.45) is 3.51. The number of nitrogens with zero attached hydrogens (tertiary/aromatic N) is 2. The van der Waals surface area contributed by atoms with Crippen LogP contribution in [-0.2, 0) is 0 Å². The molecule has 1 aromatic heterocycles. The number of amides is 1. The van der Waals surface area contributed by atoms with Crippen molar-refractivity contribution in [3.05, 3.63) is 42.0 Å². The lowest BCUT2D eigenvalue weighted by atomic mass is 10.1. The fraction of sp³-hybridized carbons (Fsp3) is 0.231. The van der Waals surface area contributed by atoms with Crippen LogP contribution in [0.2, 0.25) is 0 Å². The summed E-state index contributed by atoms with van der Waals surface area (Å²) in [6, 6.07) is 5.23. The number of nitrogens with two attached hydrogens (primary N) is 1. The molecule has 5 nitrogen and oxygen atoms in total. The molecule has 0 aliphatic carbocycles. The molecule has 0 fully saturated rings. The summed E-state index contributed by atoms with van der Waals surface area (Å²) >= 11 is 0. The third-order valence-electron chi connectivity index (χ3n) is 2.69. The molecule has 0 bridgehead atoms. The Morgan fingerprint density at radius 2 is 2.28 bits per heavy atom. The Kier molecular flexibility index (Phi) is 3.32. The first-order valence-corrected chi connectivity index (χ1v) is 5.81. The maximum atomic E-state index is 12.0. The van der Waals surface area contributed by atoms with Crippen molar-refractivity contribution in [3.8, 4) is 5.69 Å². The van der Waals surface area contributed by atoms with Crippen LogP contribution in [0.15, 0.2) is 30.6 Å². The van der Waals surface area contributed by atoms with E-state index in [-0.39, 0.29) is 5.91 Å². The predicted octanol–water partition coefficient (Wildman–Crippen LogP) is 1.51. The van der Waals surface area contributed by atoms with Gasteiger partial charge in [0.2, 0.25) is 0 Å². The minimum absolute atomic E-state index is 0.111. The van der Waals surface area contributed by atoms with Crippen molar-refractivity contribution in [3.63, 3.8) is 0 Å². The van der Waals surface area contributed by atoms with Gasteiger partial charge in [-0.3, -0.25) is 4.79 Å². The largest absolute Gasteiger partial charge is 0.399 e. The normalized spacial score (nSPS) is 10.3. The number of anilines is 1. The zero-order valence-corrected chi connectivity index (χ0v) is 10.5. The van der Waals surface area contributed by atoms with E-state index in [4.69, 9.17) is 5.73 Å². The second-order valence-electron chi connectivity index (χ2n) is 3.98. The molecule has 0 aliphatic rings. The average molecular weight is 244 g/mol. The number of benzene rings is 1. The van der Waals surface area contributed by atoms with Crippen LogP contribution in [0.5, 0.6) is 0 Å². The molecule has 0 saturated heterocycles. The maximum Gasteiger partial charge on any atom is 0.253 e. The Labute approximate surface area is 106 Å². The van der Waals surface area contributed by atoms with Gasteiger partial charge in [0.25, 0.3) is 5.91 Å². The fourth-order valence-electron chi connectivity index (χ4n) is 1.83. The van der Waals surface area contributed by atoms with E-state index in [9.17, 15) is 4.79 Å². The molecule has 2 rings (SSSR count). The van der Waals surface area contributed by atoms with E-state index in [1.165, 1.54) is 0 Å². The second-order valence-corrected chi connectivity index (χ2v) is 3.98. The van der Waals surface area contributed by atoms with Crippen LogP contribution in [0.1, 0.15) is 23.1 Å². The second kappa shape index (κ2) is 4.91. The summed E-state index contributed by atoms with van der Waals surface area (Å²) in [7, 11) is 0. The van der Waals surface area contributed by atoms with Gasteiger partial charge < -0.3 is 15.6 Å². The number of carbonyl (C=O) groups excluding carboxylic acids is 1. The van der Waals surface area contributed by atoms with E-state index >= 15 is 0 Å². The molecule has 0 spiro atoms. The number of rotatable bonds is 3. The van der Waals surface area contributed by atoms with Gasteiger partial charge in [-0.25, -0.2) is 4.98 Å². The van der Waals surface area contributed by atoms with Crippen molar-refractivity contribution in [1.82, 2.24) is 14.9 Å². The zero-order chi connectivity index (χ0) is 13.1. The SMILES string of the molecule is CCNC(=O)c1ccc(N)cc1-n1ccnc1C. The lowest BCUT2D eigenvalue weighted by molar-refractivity contribution is 0.0956. The van der Waals surface area contributed by atoms with E-state index in [1.807, 2.05) is 24.6 Å². The first kappa shape index (κ1) is 12.2. The maximum absolute atomic E-state index is 12.0. The molecule has 1 aromatic carbocycles. The minimum Gasteiger partial charge on any atom is -0.399 e. The van der Waals surface area contributed by atoms with Crippen LogP contribution < -0.4 is 11.1 Å². The number of carbonyl (C=O) groups is 1. The molecule has 5 heteroatoms. The Morgan fingerprint density at radius 1 is 1.50 bits per heavy atom. The summed E-state index contributed by atoms with van der Waals surface area (Å²) in [4.78, 5) is 16.2. The van der Waals surface area contributed by atoms with Crippen LogP contribution in [0.25, 0.3) is 5.69 Å². The molecule has 2 aromatic rings. The number of hydrogen-bond acceptors (Lipinski definition) is 3. The highest BCUT2D eigenvalue weighted by Crippen LogP contribution is 2.19.